The topological polar surface area (TPSA) is 101 Å². The molecule has 1 saturated carbocycles. The minimum Gasteiger partial charge on any atom is -0.474 e. The predicted molar refractivity (Wildman–Crippen MR) is 86.6 cm³/mol. The van der Waals surface area contributed by atoms with Crippen molar-refractivity contribution in [3.63, 3.8) is 0 Å². The molecule has 1 aliphatic carbocycles. The number of aromatic nitrogens is 1. The van der Waals surface area contributed by atoms with Crippen LogP contribution in [-0.2, 0) is 6.18 Å². The lowest BCUT2D eigenvalue weighted by Crippen LogP contribution is -2.48. The maximum atomic E-state index is 13.4. The van der Waals surface area contributed by atoms with E-state index in [4.69, 9.17) is 9.84 Å². The van der Waals surface area contributed by atoms with Gasteiger partial charge in [0.05, 0.1) is 21.3 Å². The first kappa shape index (κ1) is 18.2. The van der Waals surface area contributed by atoms with Crippen LogP contribution >= 0.6 is 11.3 Å². The van der Waals surface area contributed by atoms with Gasteiger partial charge < -0.3 is 20.5 Å². The molecule has 11 heteroatoms. The van der Waals surface area contributed by atoms with Gasteiger partial charge in [-0.3, -0.25) is 4.79 Å². The summed E-state index contributed by atoms with van der Waals surface area (Å²) in [7, 11) is 1.38. The van der Waals surface area contributed by atoms with Crippen molar-refractivity contribution in [2.24, 2.45) is 0 Å². The lowest BCUT2D eigenvalue weighted by atomic mass is 9.89. The van der Waals surface area contributed by atoms with E-state index in [1.54, 1.807) is 0 Å². The molecule has 0 bridgehead atoms. The summed E-state index contributed by atoms with van der Waals surface area (Å²) in [5.74, 6) is -0.782. The third kappa shape index (κ3) is 3.52. The summed E-state index contributed by atoms with van der Waals surface area (Å²) in [6, 6.07) is 0.510. The van der Waals surface area contributed by atoms with Crippen molar-refractivity contribution in [3.8, 4) is 5.88 Å². The normalized spacial score (nSPS) is 19.7. The lowest BCUT2D eigenvalue weighted by Gasteiger charge is -2.34. The van der Waals surface area contributed by atoms with Crippen molar-refractivity contribution >= 4 is 33.6 Å². The van der Waals surface area contributed by atoms with Crippen molar-refractivity contribution < 1.29 is 32.6 Å². The number of carboxylic acid groups (broad SMARTS) is 1. The second kappa shape index (κ2) is 6.63. The Labute approximate surface area is 149 Å². The van der Waals surface area contributed by atoms with Gasteiger partial charge in [0, 0.05) is 37.4 Å². The van der Waals surface area contributed by atoms with Crippen LogP contribution in [0.15, 0.2) is 11.4 Å². The molecule has 0 spiro atoms. The van der Waals surface area contributed by atoms with E-state index < -0.39 is 29.8 Å². The first-order valence-electron chi connectivity index (χ1n) is 7.56. The highest BCUT2D eigenvalue weighted by atomic mass is 32.1. The van der Waals surface area contributed by atoms with E-state index in [0.717, 1.165) is 17.4 Å². The highest BCUT2D eigenvalue weighted by molar-refractivity contribution is 7.17. The van der Waals surface area contributed by atoms with Crippen LogP contribution in [-0.4, -0.2) is 41.3 Å². The Kier molecular flexibility index (Phi) is 4.65. The summed E-state index contributed by atoms with van der Waals surface area (Å²) in [5.41, 5.74) is -0.946. The molecule has 1 fully saturated rings. The van der Waals surface area contributed by atoms with Crippen LogP contribution in [0.25, 0.3) is 10.2 Å². The fourth-order valence-corrected chi connectivity index (χ4v) is 3.70. The molecule has 0 saturated heterocycles. The number of carbonyl (C=O) groups excluding carboxylic acids is 1. The van der Waals surface area contributed by atoms with E-state index in [1.807, 2.05) is 0 Å². The number of pyridine rings is 1. The number of hydrogen-bond donors (Lipinski definition) is 3. The van der Waals surface area contributed by atoms with E-state index >= 15 is 0 Å². The van der Waals surface area contributed by atoms with Gasteiger partial charge in [-0.05, 0) is 0 Å². The zero-order valence-corrected chi connectivity index (χ0v) is 14.2. The highest BCUT2D eigenvalue weighted by Crippen LogP contribution is 2.40. The van der Waals surface area contributed by atoms with Crippen molar-refractivity contribution in [1.82, 2.24) is 15.6 Å². The molecule has 2 heterocycles. The largest absolute Gasteiger partial charge is 0.474 e. The van der Waals surface area contributed by atoms with Crippen molar-refractivity contribution in [2.45, 2.75) is 31.2 Å². The van der Waals surface area contributed by atoms with Gasteiger partial charge in [0.2, 0.25) is 5.88 Å². The van der Waals surface area contributed by atoms with Gasteiger partial charge in [0.1, 0.15) is 6.10 Å². The summed E-state index contributed by atoms with van der Waals surface area (Å²) < 4.78 is 45.5. The second-order valence-corrected chi connectivity index (χ2v) is 6.65. The second-order valence-electron chi connectivity index (χ2n) is 5.77. The van der Waals surface area contributed by atoms with Crippen LogP contribution in [0.1, 0.15) is 28.8 Å². The minimum atomic E-state index is -4.63. The van der Waals surface area contributed by atoms with Crippen molar-refractivity contribution in [2.75, 3.05) is 7.05 Å². The summed E-state index contributed by atoms with van der Waals surface area (Å²) in [4.78, 5) is 26.5. The molecule has 0 aromatic carbocycles. The van der Waals surface area contributed by atoms with E-state index in [-0.39, 0.29) is 27.7 Å². The molecular weight excluding hydrogens is 375 g/mol. The highest BCUT2D eigenvalue weighted by Gasteiger charge is 2.37. The Balaban J connectivity index is 1.91. The van der Waals surface area contributed by atoms with Crippen LogP contribution in [0.2, 0.25) is 0 Å². The van der Waals surface area contributed by atoms with E-state index in [9.17, 15) is 22.8 Å². The Bertz CT molecular complexity index is 862. The van der Waals surface area contributed by atoms with Crippen LogP contribution in [0.3, 0.4) is 0 Å². The van der Waals surface area contributed by atoms with Gasteiger partial charge in [-0.1, -0.05) is 0 Å². The molecule has 2 aromatic heterocycles. The van der Waals surface area contributed by atoms with Crippen molar-refractivity contribution in [3.05, 3.63) is 22.6 Å². The molecule has 7 nitrogen and oxygen atoms in total. The number of ether oxygens (including phenoxy) is 1. The number of halogens is 3. The average Bonchev–Trinajstić information content (AvgIpc) is 2.93. The van der Waals surface area contributed by atoms with Crippen LogP contribution < -0.4 is 15.4 Å². The number of alkyl halides is 3. The van der Waals surface area contributed by atoms with Gasteiger partial charge in [-0.15, -0.1) is 11.3 Å². The molecule has 2 amide bonds. The fraction of sp³-hybridized carbons (Fsp3) is 0.400. The molecule has 1 aliphatic rings. The number of amides is 2. The zero-order chi connectivity index (χ0) is 19.1. The summed E-state index contributed by atoms with van der Waals surface area (Å²) >= 11 is 0.792. The maximum Gasteiger partial charge on any atom is 0.418 e. The summed E-state index contributed by atoms with van der Waals surface area (Å²) in [6.45, 7) is 0. The van der Waals surface area contributed by atoms with Crippen LogP contribution in [0.4, 0.5) is 18.0 Å². The molecule has 2 aromatic rings. The Morgan fingerprint density at radius 2 is 2.08 bits per heavy atom. The van der Waals surface area contributed by atoms with Crippen LogP contribution in [0, 0.1) is 0 Å². The standard InChI is InChI=1S/C15H14F3N3O4S/c1-19-13(22)8-5-26-12-9(15(16,17)18)4-10(21-11(8)12)25-7-2-6(3-7)20-14(23)24/h4-7,20H,2-3H2,1H3,(H,19,22)(H,23,24)/t6-,7-. The Morgan fingerprint density at radius 1 is 1.38 bits per heavy atom. The van der Waals surface area contributed by atoms with Gasteiger partial charge in [0.25, 0.3) is 5.91 Å². The number of nitrogens with zero attached hydrogens (tertiary/aromatic N) is 1. The number of thiophene rings is 1. The lowest BCUT2D eigenvalue weighted by molar-refractivity contribution is -0.136. The van der Waals surface area contributed by atoms with Gasteiger partial charge in [-0.2, -0.15) is 13.2 Å². The minimum absolute atomic E-state index is 0.0440. The number of rotatable bonds is 4. The maximum absolute atomic E-state index is 13.4. The predicted octanol–water partition coefficient (Wildman–Crippen LogP) is 2.85. The molecule has 0 atom stereocenters. The fourth-order valence-electron chi connectivity index (χ4n) is 2.68. The monoisotopic (exact) mass is 389 g/mol. The Morgan fingerprint density at radius 3 is 2.65 bits per heavy atom. The molecule has 3 rings (SSSR count). The first-order chi connectivity index (χ1) is 12.2. The molecule has 0 unspecified atom stereocenters. The van der Waals surface area contributed by atoms with Gasteiger partial charge >= 0.3 is 12.3 Å². The SMILES string of the molecule is CNC(=O)c1csc2c(C(F)(F)F)cc(O[C@H]3C[C@H](NC(=O)O)C3)nc12. The van der Waals surface area contributed by atoms with E-state index in [2.05, 4.69) is 15.6 Å². The number of fused-ring (bicyclic) bond motifs is 1. The molecule has 3 N–H and O–H groups in total. The summed E-state index contributed by atoms with van der Waals surface area (Å²) in [5, 5.41) is 14.6. The Hall–Kier alpha value is -2.56. The van der Waals surface area contributed by atoms with Crippen LogP contribution in [0.5, 0.6) is 5.88 Å². The summed E-state index contributed by atoms with van der Waals surface area (Å²) in [6.07, 6.45) is -5.57. The average molecular weight is 389 g/mol. The molecule has 26 heavy (non-hydrogen) atoms. The third-order valence-corrected chi connectivity index (χ3v) is 4.99. The quantitative estimate of drug-likeness (QED) is 0.747. The number of nitrogens with one attached hydrogen (secondary N) is 2. The smallest absolute Gasteiger partial charge is 0.418 e. The number of hydrogen-bond acceptors (Lipinski definition) is 5. The van der Waals surface area contributed by atoms with Crippen molar-refractivity contribution in [1.29, 1.82) is 0 Å². The van der Waals surface area contributed by atoms with E-state index in [1.165, 1.54) is 12.4 Å². The first-order valence-corrected chi connectivity index (χ1v) is 8.44. The number of carbonyl (C=O) groups is 2. The zero-order valence-electron chi connectivity index (χ0n) is 13.4. The molecule has 0 radical (unpaired) electrons. The molecule has 140 valence electrons. The third-order valence-electron chi connectivity index (χ3n) is 3.99. The molecular formula is C15H14F3N3O4S. The van der Waals surface area contributed by atoms with Gasteiger partial charge in [-0.25, -0.2) is 9.78 Å². The van der Waals surface area contributed by atoms with Gasteiger partial charge in [0.15, 0.2) is 0 Å². The van der Waals surface area contributed by atoms with E-state index in [0.29, 0.717) is 12.8 Å². The molecule has 0 aliphatic heterocycles.